The molecule has 1 aromatic heterocycles. The quantitative estimate of drug-likeness (QED) is 0.150. The van der Waals surface area contributed by atoms with Gasteiger partial charge in [0, 0.05) is 18.7 Å². The number of nitro benzene ring substituents is 1. The number of benzene rings is 2. The van der Waals surface area contributed by atoms with Crippen molar-refractivity contribution in [2.24, 2.45) is 0 Å². The van der Waals surface area contributed by atoms with E-state index in [0.717, 1.165) is 5.56 Å². The van der Waals surface area contributed by atoms with Crippen molar-refractivity contribution in [1.29, 1.82) is 0 Å². The number of hydrogen-bond acceptors (Lipinski definition) is 8. The monoisotopic (exact) mass is 537 g/mol. The van der Waals surface area contributed by atoms with Crippen LogP contribution < -0.4 is 19.5 Å². The molecule has 4 rings (SSSR count). The summed E-state index contributed by atoms with van der Waals surface area (Å²) in [6.45, 7) is 5.26. The molecule has 1 N–H and O–H groups in total. The minimum absolute atomic E-state index is 0.00818. The molecule has 0 atom stereocenters. The third kappa shape index (κ3) is 6.30. The van der Waals surface area contributed by atoms with Crippen LogP contribution >= 0.6 is 12.2 Å². The SMILES string of the molecule is CCOc1ccc(CCN2C(=O)/C(=C\c3ccc(COc4ccccc4[N+](=O)[O-])o3)NC2=S)cc1OCC. The van der Waals surface area contributed by atoms with Crippen LogP contribution in [0.4, 0.5) is 5.69 Å². The van der Waals surface area contributed by atoms with Crippen LogP contribution in [0.15, 0.2) is 64.7 Å². The number of nitrogens with one attached hydrogen (secondary N) is 1. The van der Waals surface area contributed by atoms with Gasteiger partial charge in [0.05, 0.1) is 18.1 Å². The standard InChI is InChI=1S/C27H27N3O7S/c1-3-34-24-12-9-18(15-25(24)35-4-2)13-14-29-26(31)21(28-27(29)38)16-19-10-11-20(37-19)17-36-23-8-6-5-7-22(23)30(32)33/h5-12,15-16H,3-4,13-14,17H2,1-2H3,(H,28,38)/b21-16+. The lowest BCUT2D eigenvalue weighted by molar-refractivity contribution is -0.386. The highest BCUT2D eigenvalue weighted by Crippen LogP contribution is 2.29. The highest BCUT2D eigenvalue weighted by Gasteiger charge is 2.30. The number of thiocarbonyl (C=S) groups is 1. The first-order chi connectivity index (χ1) is 18.4. The summed E-state index contributed by atoms with van der Waals surface area (Å²) in [4.78, 5) is 25.1. The maximum absolute atomic E-state index is 13.0. The molecule has 2 aromatic carbocycles. The second-order valence-electron chi connectivity index (χ2n) is 8.16. The molecule has 0 aliphatic carbocycles. The first-order valence-corrected chi connectivity index (χ1v) is 12.5. The normalized spacial score (nSPS) is 14.1. The molecule has 3 aromatic rings. The first-order valence-electron chi connectivity index (χ1n) is 12.1. The zero-order valence-corrected chi connectivity index (χ0v) is 21.8. The summed E-state index contributed by atoms with van der Waals surface area (Å²) in [6.07, 6.45) is 2.13. The molecular formula is C27H27N3O7S. The number of hydrogen-bond donors (Lipinski definition) is 1. The number of furan rings is 1. The van der Waals surface area contributed by atoms with Gasteiger partial charge < -0.3 is 23.9 Å². The molecule has 1 aliphatic rings. The highest BCUT2D eigenvalue weighted by molar-refractivity contribution is 7.80. The van der Waals surface area contributed by atoms with E-state index in [2.05, 4.69) is 5.32 Å². The van der Waals surface area contributed by atoms with Crippen LogP contribution in [0, 0.1) is 10.1 Å². The number of nitro groups is 1. The van der Waals surface area contributed by atoms with Crippen LogP contribution in [0.25, 0.3) is 6.08 Å². The van der Waals surface area contributed by atoms with Gasteiger partial charge in [-0.1, -0.05) is 18.2 Å². The van der Waals surface area contributed by atoms with E-state index in [4.69, 9.17) is 30.8 Å². The van der Waals surface area contributed by atoms with E-state index < -0.39 is 4.92 Å². The number of ether oxygens (including phenoxy) is 3. The number of carbonyl (C=O) groups excluding carboxylic acids is 1. The summed E-state index contributed by atoms with van der Waals surface area (Å²) in [7, 11) is 0. The molecular weight excluding hydrogens is 510 g/mol. The lowest BCUT2D eigenvalue weighted by Gasteiger charge is -2.15. The number of carbonyl (C=O) groups is 1. The molecule has 1 saturated heterocycles. The lowest BCUT2D eigenvalue weighted by atomic mass is 10.1. The second-order valence-corrected chi connectivity index (χ2v) is 8.55. The summed E-state index contributed by atoms with van der Waals surface area (Å²) in [5.41, 5.74) is 1.14. The topological polar surface area (TPSA) is 116 Å². The molecule has 0 bridgehead atoms. The van der Waals surface area contributed by atoms with Crippen LogP contribution in [0.3, 0.4) is 0 Å². The zero-order valence-electron chi connectivity index (χ0n) is 21.0. The van der Waals surface area contributed by atoms with Crippen molar-refractivity contribution in [3.63, 3.8) is 0 Å². The van der Waals surface area contributed by atoms with Crippen molar-refractivity contribution < 1.29 is 28.3 Å². The molecule has 38 heavy (non-hydrogen) atoms. The molecule has 10 nitrogen and oxygen atoms in total. The van der Waals surface area contributed by atoms with Gasteiger partial charge in [-0.3, -0.25) is 19.8 Å². The average Bonchev–Trinajstić information content (AvgIpc) is 3.46. The van der Waals surface area contributed by atoms with Crippen molar-refractivity contribution in [2.75, 3.05) is 19.8 Å². The Hall–Kier alpha value is -4.38. The number of para-hydroxylation sites is 2. The van der Waals surface area contributed by atoms with Crippen molar-refractivity contribution >= 4 is 35.0 Å². The minimum atomic E-state index is -0.507. The lowest BCUT2D eigenvalue weighted by Crippen LogP contribution is -2.32. The number of amides is 1. The van der Waals surface area contributed by atoms with Gasteiger partial charge >= 0.3 is 5.69 Å². The third-order valence-corrected chi connectivity index (χ3v) is 5.92. The molecule has 198 valence electrons. The van der Waals surface area contributed by atoms with E-state index >= 15 is 0 Å². The Kier molecular flexibility index (Phi) is 8.59. The average molecular weight is 538 g/mol. The third-order valence-electron chi connectivity index (χ3n) is 5.60. The van der Waals surface area contributed by atoms with Crippen LogP contribution in [0.5, 0.6) is 17.2 Å². The van der Waals surface area contributed by atoms with E-state index in [1.54, 1.807) is 30.3 Å². The molecule has 1 amide bonds. The molecule has 0 saturated carbocycles. The van der Waals surface area contributed by atoms with Crippen LogP contribution in [0.1, 0.15) is 30.9 Å². The smallest absolute Gasteiger partial charge is 0.310 e. The molecule has 1 fully saturated rings. The minimum Gasteiger partial charge on any atom is -0.490 e. The number of nitrogens with zero attached hydrogens (tertiary/aromatic N) is 2. The summed E-state index contributed by atoms with van der Waals surface area (Å²) in [6, 6.07) is 15.2. The largest absolute Gasteiger partial charge is 0.490 e. The van der Waals surface area contributed by atoms with Crippen molar-refractivity contribution in [2.45, 2.75) is 26.9 Å². The summed E-state index contributed by atoms with van der Waals surface area (Å²) < 4.78 is 22.6. The Bertz CT molecular complexity index is 1370. The molecule has 2 heterocycles. The predicted octanol–water partition coefficient (Wildman–Crippen LogP) is 4.86. The fraction of sp³-hybridized carbons (Fsp3) is 0.259. The molecule has 11 heteroatoms. The Balaban J connectivity index is 1.38. The van der Waals surface area contributed by atoms with Crippen LogP contribution in [-0.2, 0) is 17.8 Å². The fourth-order valence-corrected chi connectivity index (χ4v) is 4.12. The van der Waals surface area contributed by atoms with Gasteiger partial charge in [0.2, 0.25) is 0 Å². The van der Waals surface area contributed by atoms with E-state index in [-0.39, 0.29) is 29.6 Å². The van der Waals surface area contributed by atoms with Gasteiger partial charge in [-0.15, -0.1) is 0 Å². The summed E-state index contributed by atoms with van der Waals surface area (Å²) in [5, 5.41) is 14.4. The Labute approximate surface area is 224 Å². The van der Waals surface area contributed by atoms with Crippen molar-refractivity contribution in [3.05, 3.63) is 87.5 Å². The molecule has 0 radical (unpaired) electrons. The van der Waals surface area contributed by atoms with E-state index in [9.17, 15) is 14.9 Å². The Morgan fingerprint density at radius 3 is 2.55 bits per heavy atom. The van der Waals surface area contributed by atoms with Gasteiger partial charge in [0.15, 0.2) is 22.4 Å². The van der Waals surface area contributed by atoms with E-state index in [1.165, 1.54) is 17.0 Å². The summed E-state index contributed by atoms with van der Waals surface area (Å²) >= 11 is 5.39. The van der Waals surface area contributed by atoms with Crippen LogP contribution in [-0.4, -0.2) is 40.6 Å². The Morgan fingerprint density at radius 2 is 1.79 bits per heavy atom. The van der Waals surface area contributed by atoms with Gasteiger partial charge in [-0.25, -0.2) is 0 Å². The Morgan fingerprint density at radius 1 is 1.03 bits per heavy atom. The predicted molar refractivity (Wildman–Crippen MR) is 144 cm³/mol. The maximum Gasteiger partial charge on any atom is 0.310 e. The molecule has 1 aliphatic heterocycles. The first kappa shape index (κ1) is 26.7. The van der Waals surface area contributed by atoms with Gasteiger partial charge in [-0.2, -0.15) is 0 Å². The van der Waals surface area contributed by atoms with Gasteiger partial charge in [0.1, 0.15) is 23.8 Å². The van der Waals surface area contributed by atoms with Crippen LogP contribution in [0.2, 0.25) is 0 Å². The fourth-order valence-electron chi connectivity index (χ4n) is 3.84. The van der Waals surface area contributed by atoms with Crippen molar-refractivity contribution in [1.82, 2.24) is 10.2 Å². The second kappa shape index (κ2) is 12.2. The van der Waals surface area contributed by atoms with Crippen molar-refractivity contribution in [3.8, 4) is 17.2 Å². The molecule has 0 unspecified atom stereocenters. The number of rotatable bonds is 12. The summed E-state index contributed by atoms with van der Waals surface area (Å²) in [5.74, 6) is 2.09. The zero-order chi connectivity index (χ0) is 27.1. The van der Waals surface area contributed by atoms with E-state index in [0.29, 0.717) is 54.3 Å². The van der Waals surface area contributed by atoms with E-state index in [1.807, 2.05) is 32.0 Å². The highest BCUT2D eigenvalue weighted by atomic mass is 32.1. The maximum atomic E-state index is 13.0. The van der Waals surface area contributed by atoms with Gasteiger partial charge in [0.25, 0.3) is 5.91 Å². The van der Waals surface area contributed by atoms with Gasteiger partial charge in [-0.05, 0) is 68.4 Å². The molecule has 0 spiro atoms.